The first-order valence-corrected chi connectivity index (χ1v) is 7.29. The summed E-state index contributed by atoms with van der Waals surface area (Å²) >= 11 is 0. The monoisotopic (exact) mass is 326 g/mol. The van der Waals surface area contributed by atoms with Crippen LogP contribution < -0.4 is 10.1 Å². The molecule has 6 heteroatoms. The van der Waals surface area contributed by atoms with E-state index in [9.17, 15) is 14.4 Å². The van der Waals surface area contributed by atoms with E-state index in [0.717, 1.165) is 6.29 Å². The van der Waals surface area contributed by atoms with E-state index in [0.29, 0.717) is 22.6 Å². The first kappa shape index (κ1) is 17.2. The summed E-state index contributed by atoms with van der Waals surface area (Å²) in [6, 6.07) is 13.1. The Morgan fingerprint density at radius 2 is 1.67 bits per heavy atom. The van der Waals surface area contributed by atoms with Gasteiger partial charge in [-0.25, -0.2) is 0 Å². The Hall–Kier alpha value is -3.15. The first-order valence-electron chi connectivity index (χ1n) is 7.29. The van der Waals surface area contributed by atoms with Crippen LogP contribution in [0.25, 0.3) is 0 Å². The van der Waals surface area contributed by atoms with Crippen molar-refractivity contribution >= 4 is 23.8 Å². The van der Waals surface area contributed by atoms with Crippen LogP contribution in [0.4, 0.5) is 5.69 Å². The van der Waals surface area contributed by atoms with E-state index in [2.05, 4.69) is 5.32 Å². The summed E-state index contributed by atoms with van der Waals surface area (Å²) < 4.78 is 5.36. The lowest BCUT2D eigenvalue weighted by Gasteiger charge is -2.11. The smallest absolute Gasteiger partial charge is 0.259 e. The third-order valence-corrected chi connectivity index (χ3v) is 3.28. The number of hydrogen-bond donors (Lipinski definition) is 1. The highest BCUT2D eigenvalue weighted by atomic mass is 16.5. The number of nitrogens with one attached hydrogen (secondary N) is 1. The molecule has 1 N–H and O–H groups in total. The van der Waals surface area contributed by atoms with Crippen LogP contribution in [0, 0.1) is 0 Å². The van der Waals surface area contributed by atoms with Crippen molar-refractivity contribution in [1.82, 2.24) is 4.90 Å². The van der Waals surface area contributed by atoms with Crippen molar-refractivity contribution in [2.24, 2.45) is 0 Å². The lowest BCUT2D eigenvalue weighted by Crippen LogP contribution is -2.27. The van der Waals surface area contributed by atoms with E-state index in [1.165, 1.54) is 4.90 Å². The number of benzene rings is 2. The summed E-state index contributed by atoms with van der Waals surface area (Å²) in [5.41, 5.74) is 1.57. The molecule has 6 nitrogen and oxygen atoms in total. The Balaban J connectivity index is 1.94. The van der Waals surface area contributed by atoms with E-state index in [-0.39, 0.29) is 18.4 Å². The van der Waals surface area contributed by atoms with Gasteiger partial charge in [0.15, 0.2) is 6.61 Å². The molecule has 2 rings (SSSR count). The van der Waals surface area contributed by atoms with Gasteiger partial charge in [0.25, 0.3) is 11.8 Å². The predicted octanol–water partition coefficient (Wildman–Crippen LogP) is 2.22. The van der Waals surface area contributed by atoms with Crippen LogP contribution >= 0.6 is 0 Å². The zero-order valence-electron chi connectivity index (χ0n) is 13.5. The maximum absolute atomic E-state index is 12.1. The number of carbonyl (C=O) groups is 3. The molecular weight excluding hydrogens is 308 g/mol. The minimum atomic E-state index is -0.274. The fourth-order valence-corrected chi connectivity index (χ4v) is 1.82. The molecule has 0 aliphatic carbocycles. The Kier molecular flexibility index (Phi) is 5.68. The molecule has 0 bridgehead atoms. The predicted molar refractivity (Wildman–Crippen MR) is 90.4 cm³/mol. The number of hydrogen-bond acceptors (Lipinski definition) is 4. The molecule has 0 saturated heterocycles. The molecule has 0 fully saturated rings. The second-order valence-electron chi connectivity index (χ2n) is 5.30. The number of nitrogens with zero attached hydrogens (tertiary/aromatic N) is 1. The molecule has 124 valence electrons. The summed E-state index contributed by atoms with van der Waals surface area (Å²) in [5.74, 6) is 0.133. The zero-order chi connectivity index (χ0) is 17.5. The normalized spacial score (nSPS) is 9.92. The number of likely N-dealkylation sites (N-methyl/N-ethyl adjacent to an activating group) is 1. The van der Waals surface area contributed by atoms with Crippen LogP contribution in [-0.2, 0) is 4.79 Å². The molecule has 2 aromatic rings. The Morgan fingerprint density at radius 1 is 1.04 bits per heavy atom. The maximum Gasteiger partial charge on any atom is 0.259 e. The quantitative estimate of drug-likeness (QED) is 0.826. The van der Waals surface area contributed by atoms with E-state index in [1.54, 1.807) is 62.6 Å². The minimum Gasteiger partial charge on any atom is -0.484 e. The number of ether oxygens (including phenoxy) is 1. The maximum atomic E-state index is 12.1. The second kappa shape index (κ2) is 7.92. The van der Waals surface area contributed by atoms with Gasteiger partial charge in [0.1, 0.15) is 12.0 Å². The highest BCUT2D eigenvalue weighted by molar-refractivity contribution is 6.04. The van der Waals surface area contributed by atoms with Gasteiger partial charge >= 0.3 is 0 Å². The van der Waals surface area contributed by atoms with Crippen LogP contribution in [0.5, 0.6) is 5.75 Å². The van der Waals surface area contributed by atoms with Crippen molar-refractivity contribution in [3.05, 3.63) is 59.7 Å². The molecule has 2 amide bonds. The van der Waals surface area contributed by atoms with Crippen molar-refractivity contribution in [3.63, 3.8) is 0 Å². The molecule has 0 heterocycles. The van der Waals surface area contributed by atoms with Crippen molar-refractivity contribution in [2.45, 2.75) is 0 Å². The Morgan fingerprint density at radius 3 is 2.21 bits per heavy atom. The molecule has 0 atom stereocenters. The number of carbonyl (C=O) groups excluding carboxylic acids is 3. The van der Waals surface area contributed by atoms with Gasteiger partial charge in [0.05, 0.1) is 0 Å². The van der Waals surface area contributed by atoms with Crippen molar-refractivity contribution < 1.29 is 19.1 Å². The van der Waals surface area contributed by atoms with Gasteiger partial charge in [-0.3, -0.25) is 14.4 Å². The molecule has 2 aromatic carbocycles. The SMILES string of the molecule is CN(C)C(=O)COc1ccc(NC(=O)c2ccc(C=O)cc2)cc1. The largest absolute Gasteiger partial charge is 0.484 e. The molecule has 0 unspecified atom stereocenters. The minimum absolute atomic E-state index is 0.0399. The van der Waals surface area contributed by atoms with Gasteiger partial charge in [-0.15, -0.1) is 0 Å². The summed E-state index contributed by atoms with van der Waals surface area (Å²) in [4.78, 5) is 35.6. The molecule has 0 radical (unpaired) electrons. The van der Waals surface area contributed by atoms with Crippen LogP contribution in [0.1, 0.15) is 20.7 Å². The van der Waals surface area contributed by atoms with Gasteiger partial charge in [-0.2, -0.15) is 0 Å². The summed E-state index contributed by atoms with van der Waals surface area (Å²) in [5, 5.41) is 2.75. The number of anilines is 1. The number of aldehydes is 1. The van der Waals surface area contributed by atoms with Gasteiger partial charge < -0.3 is 15.0 Å². The number of amides is 2. The average molecular weight is 326 g/mol. The summed E-state index contributed by atoms with van der Waals surface area (Å²) in [6.45, 7) is -0.0399. The van der Waals surface area contributed by atoms with Crippen molar-refractivity contribution in [2.75, 3.05) is 26.0 Å². The fourth-order valence-electron chi connectivity index (χ4n) is 1.82. The zero-order valence-corrected chi connectivity index (χ0v) is 13.5. The van der Waals surface area contributed by atoms with Gasteiger partial charge in [0.2, 0.25) is 0 Å². The molecular formula is C18H18N2O4. The lowest BCUT2D eigenvalue weighted by atomic mass is 10.1. The van der Waals surface area contributed by atoms with Gasteiger partial charge in [-0.1, -0.05) is 12.1 Å². The van der Waals surface area contributed by atoms with Gasteiger partial charge in [0, 0.05) is 30.9 Å². The number of rotatable bonds is 6. The Labute approximate surface area is 140 Å². The second-order valence-corrected chi connectivity index (χ2v) is 5.30. The summed E-state index contributed by atoms with van der Waals surface area (Å²) in [6.07, 6.45) is 0.724. The first-order chi connectivity index (χ1) is 11.5. The van der Waals surface area contributed by atoms with Crippen LogP contribution in [0.15, 0.2) is 48.5 Å². The Bertz CT molecular complexity index is 722. The third kappa shape index (κ3) is 4.67. The van der Waals surface area contributed by atoms with E-state index >= 15 is 0 Å². The third-order valence-electron chi connectivity index (χ3n) is 3.28. The summed E-state index contributed by atoms with van der Waals surface area (Å²) in [7, 11) is 3.32. The van der Waals surface area contributed by atoms with Crippen molar-refractivity contribution in [1.29, 1.82) is 0 Å². The van der Waals surface area contributed by atoms with E-state index in [1.807, 2.05) is 0 Å². The molecule has 0 spiro atoms. The molecule has 0 aromatic heterocycles. The van der Waals surface area contributed by atoms with E-state index in [4.69, 9.17) is 4.74 Å². The molecule has 0 aliphatic rings. The molecule has 24 heavy (non-hydrogen) atoms. The molecule has 0 saturated carbocycles. The van der Waals surface area contributed by atoms with Crippen LogP contribution in [0.3, 0.4) is 0 Å². The average Bonchev–Trinajstić information content (AvgIpc) is 2.60. The highest BCUT2D eigenvalue weighted by Crippen LogP contribution is 2.16. The van der Waals surface area contributed by atoms with Crippen LogP contribution in [0.2, 0.25) is 0 Å². The lowest BCUT2D eigenvalue weighted by molar-refractivity contribution is -0.130. The highest BCUT2D eigenvalue weighted by Gasteiger charge is 2.07. The molecule has 0 aliphatic heterocycles. The van der Waals surface area contributed by atoms with Crippen molar-refractivity contribution in [3.8, 4) is 5.75 Å². The topological polar surface area (TPSA) is 75.7 Å². The van der Waals surface area contributed by atoms with Gasteiger partial charge in [-0.05, 0) is 36.4 Å². The fraction of sp³-hybridized carbons (Fsp3) is 0.167. The standard InChI is InChI=1S/C18H18N2O4/c1-20(2)17(22)12-24-16-9-7-15(8-10-16)19-18(23)14-5-3-13(11-21)4-6-14/h3-11H,12H2,1-2H3,(H,19,23). The van der Waals surface area contributed by atoms with E-state index < -0.39 is 0 Å². The van der Waals surface area contributed by atoms with Crippen LogP contribution in [-0.4, -0.2) is 43.7 Å².